The maximum absolute atomic E-state index is 5.75. The van der Waals surface area contributed by atoms with Crippen LogP contribution < -0.4 is 20.1 Å². The summed E-state index contributed by atoms with van der Waals surface area (Å²) in [6.07, 6.45) is 3.05. The molecule has 0 aromatic heterocycles. The smallest absolute Gasteiger partial charge is 0.191 e. The third-order valence-electron chi connectivity index (χ3n) is 4.27. The number of nitrogens with one attached hydrogen (secondary N) is 2. The molecule has 6 heteroatoms. The molecule has 1 aliphatic rings. The molecule has 0 unspecified atom stereocenters. The van der Waals surface area contributed by atoms with E-state index in [9.17, 15) is 0 Å². The lowest BCUT2D eigenvalue weighted by Crippen LogP contribution is -2.37. The van der Waals surface area contributed by atoms with Gasteiger partial charge in [0, 0.05) is 26.6 Å². The van der Waals surface area contributed by atoms with E-state index < -0.39 is 0 Å². The van der Waals surface area contributed by atoms with E-state index in [1.54, 1.807) is 7.05 Å². The van der Waals surface area contributed by atoms with Crippen LogP contribution in [0.25, 0.3) is 0 Å². The van der Waals surface area contributed by atoms with Gasteiger partial charge in [-0.3, -0.25) is 4.99 Å². The van der Waals surface area contributed by atoms with Crippen molar-refractivity contribution in [1.82, 2.24) is 10.6 Å². The molecule has 1 heterocycles. The number of fused-ring (bicyclic) bond motifs is 1. The monoisotopic (exact) mass is 481 g/mol. The van der Waals surface area contributed by atoms with E-state index in [2.05, 4.69) is 46.0 Å². The van der Waals surface area contributed by atoms with Gasteiger partial charge in [0.1, 0.15) is 0 Å². The Balaban J connectivity index is 0.00000261. The Kier molecular flexibility index (Phi) is 9.24. The molecule has 0 bridgehead atoms. The summed E-state index contributed by atoms with van der Waals surface area (Å²) in [7, 11) is 1.79. The lowest BCUT2D eigenvalue weighted by atomic mass is 10.1. The molecule has 0 radical (unpaired) electrons. The molecule has 0 spiro atoms. The highest BCUT2D eigenvalue weighted by Gasteiger charge is 2.10. The van der Waals surface area contributed by atoms with Crippen LogP contribution in [-0.4, -0.2) is 32.8 Å². The quantitative estimate of drug-likeness (QED) is 0.286. The summed E-state index contributed by atoms with van der Waals surface area (Å²) in [4.78, 5) is 4.29. The molecule has 2 aromatic rings. The molecule has 1 aliphatic heterocycles. The van der Waals surface area contributed by atoms with Crippen molar-refractivity contribution < 1.29 is 9.47 Å². The van der Waals surface area contributed by atoms with Crippen LogP contribution in [0.5, 0.6) is 11.5 Å². The molecule has 3 rings (SSSR count). The predicted molar refractivity (Wildman–Crippen MR) is 120 cm³/mol. The van der Waals surface area contributed by atoms with Gasteiger partial charge in [-0.25, -0.2) is 0 Å². The van der Waals surface area contributed by atoms with Crippen LogP contribution in [0.4, 0.5) is 0 Å². The summed E-state index contributed by atoms with van der Waals surface area (Å²) in [5.41, 5.74) is 2.51. The number of ether oxygens (including phenoxy) is 2. The van der Waals surface area contributed by atoms with Crippen molar-refractivity contribution in [2.24, 2.45) is 4.99 Å². The normalized spacial score (nSPS) is 13.3. The van der Waals surface area contributed by atoms with Crippen LogP contribution >= 0.6 is 24.0 Å². The zero-order chi connectivity index (χ0) is 18.0. The fourth-order valence-electron chi connectivity index (χ4n) is 2.87. The maximum Gasteiger partial charge on any atom is 0.191 e. The standard InChI is InChI=1S/C21H27N3O2.HI/c1-22-21(23-12-5-9-17-7-3-2-4-8-17)24-16-18-10-11-19-20(15-18)26-14-6-13-25-19;/h2-4,7-8,10-11,15H,5-6,9,12-14,16H2,1H3,(H2,22,23,24);1H. The number of hydrogen-bond donors (Lipinski definition) is 2. The number of rotatable bonds is 6. The molecule has 27 heavy (non-hydrogen) atoms. The predicted octanol–water partition coefficient (Wildman–Crippen LogP) is 3.76. The Morgan fingerprint density at radius 2 is 1.74 bits per heavy atom. The van der Waals surface area contributed by atoms with E-state index >= 15 is 0 Å². The van der Waals surface area contributed by atoms with Crippen LogP contribution in [0.3, 0.4) is 0 Å². The van der Waals surface area contributed by atoms with E-state index in [1.807, 2.05) is 18.2 Å². The minimum atomic E-state index is 0. The minimum absolute atomic E-state index is 0. The van der Waals surface area contributed by atoms with Gasteiger partial charge in [0.15, 0.2) is 17.5 Å². The molecule has 0 aliphatic carbocycles. The highest BCUT2D eigenvalue weighted by atomic mass is 127. The van der Waals surface area contributed by atoms with Gasteiger partial charge in [-0.2, -0.15) is 0 Å². The van der Waals surface area contributed by atoms with Crippen molar-refractivity contribution in [1.29, 1.82) is 0 Å². The second-order valence-electron chi connectivity index (χ2n) is 6.27. The average Bonchev–Trinajstić information content (AvgIpc) is 2.93. The first kappa shape index (κ1) is 21.3. The number of guanidine groups is 1. The topological polar surface area (TPSA) is 54.9 Å². The summed E-state index contributed by atoms with van der Waals surface area (Å²) < 4.78 is 11.4. The fourth-order valence-corrected chi connectivity index (χ4v) is 2.87. The Morgan fingerprint density at radius 3 is 2.52 bits per heavy atom. The first-order valence-corrected chi connectivity index (χ1v) is 9.22. The van der Waals surface area contributed by atoms with Gasteiger partial charge < -0.3 is 20.1 Å². The first-order valence-electron chi connectivity index (χ1n) is 9.22. The van der Waals surface area contributed by atoms with E-state index in [4.69, 9.17) is 9.47 Å². The minimum Gasteiger partial charge on any atom is -0.490 e. The SMILES string of the molecule is CN=C(NCCCc1ccccc1)NCc1ccc2c(c1)OCCCO2.I. The fraction of sp³-hybridized carbons (Fsp3) is 0.381. The van der Waals surface area contributed by atoms with E-state index in [-0.39, 0.29) is 24.0 Å². The van der Waals surface area contributed by atoms with Crippen LogP contribution in [0.1, 0.15) is 24.0 Å². The van der Waals surface area contributed by atoms with Gasteiger partial charge in [0.05, 0.1) is 13.2 Å². The zero-order valence-electron chi connectivity index (χ0n) is 15.7. The summed E-state index contributed by atoms with van der Waals surface area (Å²) in [6.45, 7) is 2.99. The van der Waals surface area contributed by atoms with Gasteiger partial charge in [-0.1, -0.05) is 36.4 Å². The first-order chi connectivity index (χ1) is 12.8. The summed E-state index contributed by atoms with van der Waals surface area (Å²) in [5.74, 6) is 2.47. The number of nitrogens with zero attached hydrogens (tertiary/aromatic N) is 1. The molecular formula is C21H28IN3O2. The molecule has 146 valence electrons. The highest BCUT2D eigenvalue weighted by Crippen LogP contribution is 2.30. The van der Waals surface area contributed by atoms with Crippen molar-refractivity contribution in [2.45, 2.75) is 25.8 Å². The Labute approximate surface area is 178 Å². The van der Waals surface area contributed by atoms with E-state index in [1.165, 1.54) is 5.56 Å². The van der Waals surface area contributed by atoms with Crippen LogP contribution in [-0.2, 0) is 13.0 Å². The third kappa shape index (κ3) is 6.93. The molecule has 0 atom stereocenters. The molecule has 5 nitrogen and oxygen atoms in total. The van der Waals surface area contributed by atoms with Crippen molar-refractivity contribution >= 4 is 29.9 Å². The molecule has 2 N–H and O–H groups in total. The summed E-state index contributed by atoms with van der Waals surface area (Å²) in [5, 5.41) is 6.71. The summed E-state index contributed by atoms with van der Waals surface area (Å²) >= 11 is 0. The second kappa shape index (κ2) is 11.7. The van der Waals surface area contributed by atoms with Gasteiger partial charge in [-0.15, -0.1) is 24.0 Å². The third-order valence-corrected chi connectivity index (χ3v) is 4.27. The lowest BCUT2D eigenvalue weighted by Gasteiger charge is -2.13. The molecule has 0 fully saturated rings. The molecular weight excluding hydrogens is 453 g/mol. The van der Waals surface area contributed by atoms with E-state index in [0.717, 1.165) is 48.8 Å². The van der Waals surface area contributed by atoms with Crippen LogP contribution in [0.15, 0.2) is 53.5 Å². The number of benzene rings is 2. The average molecular weight is 481 g/mol. The highest BCUT2D eigenvalue weighted by molar-refractivity contribution is 14.0. The molecule has 0 amide bonds. The van der Waals surface area contributed by atoms with Gasteiger partial charge in [0.25, 0.3) is 0 Å². The Hall–Kier alpha value is -1.96. The van der Waals surface area contributed by atoms with Crippen LogP contribution in [0, 0.1) is 0 Å². The van der Waals surface area contributed by atoms with Gasteiger partial charge in [0.2, 0.25) is 0 Å². The lowest BCUT2D eigenvalue weighted by molar-refractivity contribution is 0.297. The van der Waals surface area contributed by atoms with Crippen molar-refractivity contribution in [2.75, 3.05) is 26.8 Å². The number of aryl methyl sites for hydroxylation is 1. The van der Waals surface area contributed by atoms with E-state index in [0.29, 0.717) is 19.8 Å². The van der Waals surface area contributed by atoms with Crippen LogP contribution in [0.2, 0.25) is 0 Å². The Bertz CT molecular complexity index is 723. The molecule has 0 saturated heterocycles. The largest absolute Gasteiger partial charge is 0.490 e. The number of hydrogen-bond acceptors (Lipinski definition) is 3. The second-order valence-corrected chi connectivity index (χ2v) is 6.27. The molecule has 0 saturated carbocycles. The zero-order valence-corrected chi connectivity index (χ0v) is 18.1. The van der Waals surface area contributed by atoms with Gasteiger partial charge in [-0.05, 0) is 36.1 Å². The van der Waals surface area contributed by atoms with Crippen molar-refractivity contribution in [3.05, 3.63) is 59.7 Å². The molecule has 2 aromatic carbocycles. The van der Waals surface area contributed by atoms with Crippen molar-refractivity contribution in [3.63, 3.8) is 0 Å². The number of halogens is 1. The number of aliphatic imine (C=N–C) groups is 1. The van der Waals surface area contributed by atoms with Gasteiger partial charge >= 0.3 is 0 Å². The van der Waals surface area contributed by atoms with Crippen molar-refractivity contribution in [3.8, 4) is 11.5 Å². The Morgan fingerprint density at radius 1 is 0.963 bits per heavy atom. The maximum atomic E-state index is 5.75. The summed E-state index contributed by atoms with van der Waals surface area (Å²) in [6, 6.07) is 16.6.